The number of hydrogen-bond donors (Lipinski definition) is 0. The van der Waals surface area contributed by atoms with E-state index in [1.165, 1.54) is 12.1 Å². The van der Waals surface area contributed by atoms with Crippen LogP contribution in [-0.2, 0) is 6.54 Å². The number of rotatable bonds is 7. The summed E-state index contributed by atoms with van der Waals surface area (Å²) in [5.41, 5.74) is 2.73. The molecule has 0 aliphatic rings. The van der Waals surface area contributed by atoms with Crippen LogP contribution in [0.25, 0.3) is 16.8 Å². The Labute approximate surface area is 168 Å². The highest BCUT2D eigenvalue weighted by Gasteiger charge is 2.13. The minimum Gasteiger partial charge on any atom is -0.493 e. The highest BCUT2D eigenvalue weighted by molar-refractivity contribution is 5.71. The Balaban J connectivity index is 1.68. The Morgan fingerprint density at radius 1 is 1.07 bits per heavy atom. The molecule has 29 heavy (non-hydrogen) atoms. The largest absolute Gasteiger partial charge is 0.493 e. The van der Waals surface area contributed by atoms with Crippen molar-refractivity contribution in [1.82, 2.24) is 14.2 Å². The van der Waals surface area contributed by atoms with Crippen LogP contribution in [0.4, 0.5) is 4.39 Å². The van der Waals surface area contributed by atoms with Crippen molar-refractivity contribution in [3.63, 3.8) is 0 Å². The second kappa shape index (κ2) is 8.31. The Morgan fingerprint density at radius 2 is 1.86 bits per heavy atom. The van der Waals surface area contributed by atoms with E-state index in [-0.39, 0.29) is 11.4 Å². The van der Waals surface area contributed by atoms with Gasteiger partial charge in [-0.1, -0.05) is 37.6 Å². The van der Waals surface area contributed by atoms with E-state index < -0.39 is 0 Å². The summed E-state index contributed by atoms with van der Waals surface area (Å²) in [4.78, 5) is 12.9. The van der Waals surface area contributed by atoms with E-state index in [1.807, 2.05) is 24.3 Å². The van der Waals surface area contributed by atoms with Gasteiger partial charge >= 0.3 is 0 Å². The number of nitrogens with zero attached hydrogens (tertiary/aromatic N) is 3. The van der Waals surface area contributed by atoms with Crippen molar-refractivity contribution in [2.45, 2.75) is 26.3 Å². The molecule has 4 rings (SSSR count). The van der Waals surface area contributed by atoms with Gasteiger partial charge in [0.2, 0.25) is 0 Å². The molecule has 0 saturated heterocycles. The van der Waals surface area contributed by atoms with Crippen molar-refractivity contribution in [3.05, 3.63) is 88.7 Å². The molecule has 6 heteroatoms. The Bertz CT molecular complexity index is 1180. The number of aromatic nitrogens is 3. The third-order valence-corrected chi connectivity index (χ3v) is 4.79. The predicted molar refractivity (Wildman–Crippen MR) is 111 cm³/mol. The zero-order valence-corrected chi connectivity index (χ0v) is 16.2. The quantitative estimate of drug-likeness (QED) is 0.435. The molecular formula is C23H22FN3O2. The lowest BCUT2D eigenvalue weighted by Crippen LogP contribution is -2.21. The Hall–Kier alpha value is -3.41. The van der Waals surface area contributed by atoms with Crippen molar-refractivity contribution in [1.29, 1.82) is 0 Å². The molecular weight excluding hydrogens is 369 g/mol. The van der Waals surface area contributed by atoms with Gasteiger partial charge in [-0.15, -0.1) is 0 Å². The second-order valence-electron chi connectivity index (χ2n) is 6.92. The fourth-order valence-corrected chi connectivity index (χ4v) is 3.20. The fraction of sp³-hybridized carbons (Fsp3) is 0.217. The molecule has 0 saturated carbocycles. The molecule has 0 atom stereocenters. The summed E-state index contributed by atoms with van der Waals surface area (Å²) in [6, 6.07) is 15.6. The first kappa shape index (κ1) is 18.9. The van der Waals surface area contributed by atoms with E-state index >= 15 is 0 Å². The number of halogens is 1. The first-order chi connectivity index (χ1) is 14.2. The molecule has 4 aromatic rings. The third-order valence-electron chi connectivity index (χ3n) is 4.79. The minimum absolute atomic E-state index is 0.153. The minimum atomic E-state index is -0.295. The Morgan fingerprint density at radius 3 is 2.66 bits per heavy atom. The van der Waals surface area contributed by atoms with Gasteiger partial charge in [0.1, 0.15) is 17.1 Å². The van der Waals surface area contributed by atoms with Gasteiger partial charge in [0.05, 0.1) is 18.8 Å². The maximum absolute atomic E-state index is 13.1. The lowest BCUT2D eigenvalue weighted by molar-refractivity contribution is 0.310. The van der Waals surface area contributed by atoms with Crippen LogP contribution in [0.2, 0.25) is 0 Å². The van der Waals surface area contributed by atoms with Crippen LogP contribution in [0.3, 0.4) is 0 Å². The molecule has 0 unspecified atom stereocenters. The molecule has 148 valence electrons. The standard InChI is InChI=1S/C23H22FN3O2/c1-2-3-14-29-22-7-5-4-6-19(22)20-15-21-23(28)26(12-13-27(21)25-20)16-17-8-10-18(24)11-9-17/h4-13,15H,2-3,14,16H2,1H3. The van der Waals surface area contributed by atoms with Crippen LogP contribution in [0.1, 0.15) is 25.3 Å². The monoisotopic (exact) mass is 391 g/mol. The lowest BCUT2D eigenvalue weighted by atomic mass is 10.1. The van der Waals surface area contributed by atoms with Crippen molar-refractivity contribution in [2.24, 2.45) is 0 Å². The van der Waals surface area contributed by atoms with Gasteiger partial charge in [-0.2, -0.15) is 5.10 Å². The molecule has 0 N–H and O–H groups in total. The summed E-state index contributed by atoms with van der Waals surface area (Å²) >= 11 is 0. The molecule has 0 radical (unpaired) electrons. The molecule has 2 aromatic carbocycles. The van der Waals surface area contributed by atoms with E-state index in [0.29, 0.717) is 24.4 Å². The SMILES string of the molecule is CCCCOc1ccccc1-c1cc2c(=O)n(Cc3ccc(F)cc3)ccn2n1. The van der Waals surface area contributed by atoms with Crippen LogP contribution in [0.5, 0.6) is 5.75 Å². The van der Waals surface area contributed by atoms with Gasteiger partial charge in [-0.25, -0.2) is 8.91 Å². The lowest BCUT2D eigenvalue weighted by Gasteiger charge is -2.09. The zero-order valence-electron chi connectivity index (χ0n) is 16.2. The van der Waals surface area contributed by atoms with Crippen LogP contribution < -0.4 is 10.3 Å². The van der Waals surface area contributed by atoms with E-state index in [9.17, 15) is 9.18 Å². The maximum atomic E-state index is 13.1. The second-order valence-corrected chi connectivity index (χ2v) is 6.92. The molecule has 0 amide bonds. The maximum Gasteiger partial charge on any atom is 0.276 e. The van der Waals surface area contributed by atoms with Crippen LogP contribution in [-0.4, -0.2) is 20.8 Å². The van der Waals surface area contributed by atoms with Gasteiger partial charge in [0.15, 0.2) is 0 Å². The fourth-order valence-electron chi connectivity index (χ4n) is 3.20. The van der Waals surface area contributed by atoms with E-state index in [1.54, 1.807) is 39.7 Å². The normalized spacial score (nSPS) is 11.1. The first-order valence-corrected chi connectivity index (χ1v) is 9.71. The Kier molecular flexibility index (Phi) is 5.42. The molecule has 0 aliphatic carbocycles. The van der Waals surface area contributed by atoms with Gasteiger partial charge < -0.3 is 9.30 Å². The summed E-state index contributed by atoms with van der Waals surface area (Å²) in [6.45, 7) is 3.13. The van der Waals surface area contributed by atoms with Gasteiger partial charge in [-0.05, 0) is 42.3 Å². The van der Waals surface area contributed by atoms with E-state index in [2.05, 4.69) is 12.0 Å². The van der Waals surface area contributed by atoms with Gasteiger partial charge in [0, 0.05) is 18.0 Å². The molecule has 0 spiro atoms. The van der Waals surface area contributed by atoms with Crippen molar-refractivity contribution in [3.8, 4) is 17.0 Å². The van der Waals surface area contributed by atoms with Crippen LogP contribution >= 0.6 is 0 Å². The molecule has 2 aromatic heterocycles. The summed E-state index contributed by atoms with van der Waals surface area (Å²) < 4.78 is 22.2. The predicted octanol–water partition coefficient (Wildman–Crippen LogP) is 4.53. The molecule has 0 bridgehead atoms. The average molecular weight is 391 g/mol. The number of fused-ring (bicyclic) bond motifs is 1. The average Bonchev–Trinajstić information content (AvgIpc) is 3.17. The summed E-state index contributed by atoms with van der Waals surface area (Å²) in [5.74, 6) is 0.466. The van der Waals surface area contributed by atoms with E-state index in [0.717, 1.165) is 29.7 Å². The molecule has 0 aliphatic heterocycles. The number of para-hydroxylation sites is 1. The van der Waals surface area contributed by atoms with E-state index in [4.69, 9.17) is 4.74 Å². The van der Waals surface area contributed by atoms with Gasteiger partial charge in [0.25, 0.3) is 5.56 Å². The summed E-state index contributed by atoms with van der Waals surface area (Å²) in [6.07, 6.45) is 5.49. The molecule has 5 nitrogen and oxygen atoms in total. The number of benzene rings is 2. The van der Waals surface area contributed by atoms with Crippen LogP contribution in [0, 0.1) is 5.82 Å². The summed E-state index contributed by atoms with van der Waals surface area (Å²) in [7, 11) is 0. The highest BCUT2D eigenvalue weighted by Crippen LogP contribution is 2.29. The third kappa shape index (κ3) is 4.06. The van der Waals surface area contributed by atoms with Crippen LogP contribution in [0.15, 0.2) is 71.8 Å². The first-order valence-electron chi connectivity index (χ1n) is 9.71. The summed E-state index contributed by atoms with van der Waals surface area (Å²) in [5, 5.41) is 4.57. The number of hydrogen-bond acceptors (Lipinski definition) is 3. The van der Waals surface area contributed by atoms with Crippen molar-refractivity contribution >= 4 is 5.52 Å². The van der Waals surface area contributed by atoms with Crippen molar-refractivity contribution in [2.75, 3.05) is 6.61 Å². The highest BCUT2D eigenvalue weighted by atomic mass is 19.1. The molecule has 2 heterocycles. The number of unbranched alkanes of at least 4 members (excludes halogenated alkanes) is 1. The van der Waals surface area contributed by atoms with Gasteiger partial charge in [-0.3, -0.25) is 4.79 Å². The molecule has 0 fully saturated rings. The van der Waals surface area contributed by atoms with Crippen molar-refractivity contribution < 1.29 is 9.13 Å². The topological polar surface area (TPSA) is 48.5 Å². The zero-order chi connectivity index (χ0) is 20.2. The smallest absolute Gasteiger partial charge is 0.276 e. The number of ether oxygens (including phenoxy) is 1.